The molecular formula is C24H36Zr. The molecule has 0 aliphatic heterocycles. The van der Waals surface area contributed by atoms with Crippen molar-refractivity contribution in [1.29, 1.82) is 0 Å². The molecule has 0 bridgehead atoms. The molecule has 0 aromatic heterocycles. The molecule has 0 atom stereocenters. The largest absolute Gasteiger partial charge is 4.00 e. The third-order valence-corrected chi connectivity index (χ3v) is 3.13. The maximum atomic E-state index is 3.30. The van der Waals surface area contributed by atoms with E-state index in [0.29, 0.717) is 0 Å². The van der Waals surface area contributed by atoms with Crippen molar-refractivity contribution in [1.82, 2.24) is 0 Å². The minimum atomic E-state index is 0. The van der Waals surface area contributed by atoms with Crippen molar-refractivity contribution in [3.8, 4) is 0 Å². The summed E-state index contributed by atoms with van der Waals surface area (Å²) in [4.78, 5) is 0. The third kappa shape index (κ3) is 23.1. The van der Waals surface area contributed by atoms with E-state index >= 15 is 0 Å². The Morgan fingerprint density at radius 1 is 0.880 bits per heavy atom. The van der Waals surface area contributed by atoms with Crippen molar-refractivity contribution in [3.63, 3.8) is 0 Å². The van der Waals surface area contributed by atoms with Crippen molar-refractivity contribution in [3.05, 3.63) is 86.8 Å². The molecule has 0 saturated heterocycles. The molecule has 1 heteroatoms. The topological polar surface area (TPSA) is 0 Å². The van der Waals surface area contributed by atoms with Crippen molar-refractivity contribution in [2.24, 2.45) is 0 Å². The zero-order chi connectivity index (χ0) is 18.5. The fourth-order valence-corrected chi connectivity index (χ4v) is 1.98. The number of unbranched alkanes of at least 4 members (excludes halogenated alkanes) is 2. The fourth-order valence-electron chi connectivity index (χ4n) is 1.98. The first kappa shape index (κ1) is 28.8. The van der Waals surface area contributed by atoms with E-state index in [-0.39, 0.29) is 26.2 Å². The third-order valence-electron chi connectivity index (χ3n) is 3.13. The predicted molar refractivity (Wildman–Crippen MR) is 111 cm³/mol. The molecular weight excluding hydrogens is 379 g/mol. The molecule has 0 saturated carbocycles. The van der Waals surface area contributed by atoms with Gasteiger partial charge in [0.15, 0.2) is 0 Å². The quantitative estimate of drug-likeness (QED) is 0.389. The zero-order valence-corrected chi connectivity index (χ0v) is 18.9. The molecule has 0 heterocycles. The van der Waals surface area contributed by atoms with Crippen molar-refractivity contribution in [2.75, 3.05) is 0 Å². The Balaban J connectivity index is -0.000000287. The Labute approximate surface area is 177 Å². The molecule has 0 radical (unpaired) electrons. The predicted octanol–water partition coefficient (Wildman–Crippen LogP) is 7.74. The standard InChI is InChI=1S/2C9H13.2C3H5.Zr/c2*1-2-3-6-9-7-4-5-8-9;2*1-3-2;/h2*4,7H,2-3,5-6H2,1H3;2*3H,1-2H2;/q4*-1;+4. The first-order valence-electron chi connectivity index (χ1n) is 9.02. The van der Waals surface area contributed by atoms with E-state index in [1.165, 1.54) is 61.8 Å². The van der Waals surface area contributed by atoms with Crippen LogP contribution in [0.1, 0.15) is 65.2 Å². The number of hydrogen-bond donors (Lipinski definition) is 0. The molecule has 0 amide bonds. The SMILES string of the molecule is C=C[CH2-].C=C[CH2-].CCCCC1=[C-]CC=C1.CCCCC1=[C-]CC=C1.[Zr+4]. The molecule has 0 aromatic carbocycles. The van der Waals surface area contributed by atoms with Crippen LogP contribution in [0.25, 0.3) is 0 Å². The molecule has 0 N–H and O–H groups in total. The van der Waals surface area contributed by atoms with E-state index in [1.807, 2.05) is 0 Å². The van der Waals surface area contributed by atoms with Gasteiger partial charge in [-0.05, 0) is 0 Å². The average Bonchev–Trinajstić information content (AvgIpc) is 3.27. The summed E-state index contributed by atoms with van der Waals surface area (Å²) in [6.45, 7) is 17.4. The van der Waals surface area contributed by atoms with Gasteiger partial charge in [-0.2, -0.15) is 12.2 Å². The minimum absolute atomic E-state index is 0. The van der Waals surface area contributed by atoms with Crippen LogP contribution in [0.5, 0.6) is 0 Å². The van der Waals surface area contributed by atoms with E-state index in [2.05, 4.69) is 77.3 Å². The molecule has 0 unspecified atom stereocenters. The van der Waals surface area contributed by atoms with Crippen LogP contribution in [0.3, 0.4) is 0 Å². The summed E-state index contributed by atoms with van der Waals surface area (Å²) in [6, 6.07) is 0. The molecule has 2 rings (SSSR count). The molecule has 136 valence electrons. The Bertz CT molecular complexity index is 368. The van der Waals surface area contributed by atoms with E-state index in [1.54, 1.807) is 0 Å². The fraction of sp³-hybridized carbons (Fsp3) is 0.417. The van der Waals surface area contributed by atoms with Crippen LogP contribution in [0.4, 0.5) is 0 Å². The van der Waals surface area contributed by atoms with E-state index < -0.39 is 0 Å². The summed E-state index contributed by atoms with van der Waals surface area (Å²) >= 11 is 0. The zero-order valence-electron chi connectivity index (χ0n) is 16.4. The number of hydrogen-bond acceptors (Lipinski definition) is 0. The molecule has 0 nitrogen and oxygen atoms in total. The van der Waals surface area contributed by atoms with Crippen molar-refractivity contribution >= 4 is 0 Å². The summed E-state index contributed by atoms with van der Waals surface area (Å²) in [5.41, 5.74) is 2.83. The second-order valence-corrected chi connectivity index (χ2v) is 5.40. The van der Waals surface area contributed by atoms with E-state index in [4.69, 9.17) is 0 Å². The van der Waals surface area contributed by atoms with Crippen LogP contribution in [-0.4, -0.2) is 0 Å². The Morgan fingerprint density at radius 2 is 1.20 bits per heavy atom. The summed E-state index contributed by atoms with van der Waals surface area (Å²) in [7, 11) is 0. The van der Waals surface area contributed by atoms with E-state index in [9.17, 15) is 0 Å². The Hall–Kier alpha value is -0.937. The number of rotatable bonds is 6. The van der Waals surface area contributed by atoms with Crippen LogP contribution in [0.2, 0.25) is 0 Å². The summed E-state index contributed by atoms with van der Waals surface area (Å²) in [5.74, 6) is 0. The summed E-state index contributed by atoms with van der Waals surface area (Å²) in [5, 5.41) is 0. The van der Waals surface area contributed by atoms with E-state index in [0.717, 1.165) is 12.8 Å². The molecule has 25 heavy (non-hydrogen) atoms. The van der Waals surface area contributed by atoms with Crippen LogP contribution >= 0.6 is 0 Å². The molecule has 2 aliphatic rings. The second-order valence-electron chi connectivity index (χ2n) is 5.40. The maximum Gasteiger partial charge on any atom is 4.00 e. The van der Waals surface area contributed by atoms with Crippen molar-refractivity contribution in [2.45, 2.75) is 65.2 Å². The van der Waals surface area contributed by atoms with Gasteiger partial charge in [-0.15, -0.1) is 12.8 Å². The Kier molecular flexibility index (Phi) is 29.2. The van der Waals surface area contributed by atoms with Crippen LogP contribution < -0.4 is 0 Å². The van der Waals surface area contributed by atoms with Gasteiger partial charge in [0.1, 0.15) is 0 Å². The van der Waals surface area contributed by atoms with Gasteiger partial charge in [0.25, 0.3) is 0 Å². The van der Waals surface area contributed by atoms with Gasteiger partial charge < -0.3 is 0 Å². The van der Waals surface area contributed by atoms with Crippen molar-refractivity contribution < 1.29 is 26.2 Å². The van der Waals surface area contributed by atoms with Gasteiger partial charge in [0.2, 0.25) is 0 Å². The molecule has 0 spiro atoms. The average molecular weight is 416 g/mol. The summed E-state index contributed by atoms with van der Waals surface area (Å²) in [6.07, 6.45) is 28.1. The minimum Gasteiger partial charge on any atom is -0.269 e. The second kappa shape index (κ2) is 25.3. The van der Waals surface area contributed by atoms with Gasteiger partial charge in [-0.1, -0.05) is 52.4 Å². The van der Waals surface area contributed by atoms with Crippen LogP contribution in [0.15, 0.2) is 60.8 Å². The van der Waals surface area contributed by atoms with Crippen LogP contribution in [0, 0.1) is 26.0 Å². The monoisotopic (exact) mass is 414 g/mol. The normalized spacial score (nSPS) is 12.7. The first-order chi connectivity index (χ1) is 11.7. The molecule has 0 aromatic rings. The van der Waals surface area contributed by atoms with Gasteiger partial charge in [-0.3, -0.25) is 12.2 Å². The Morgan fingerprint density at radius 3 is 1.40 bits per heavy atom. The smallest absolute Gasteiger partial charge is 0.269 e. The van der Waals surface area contributed by atoms with Crippen LogP contribution in [-0.2, 0) is 26.2 Å². The van der Waals surface area contributed by atoms with Gasteiger partial charge >= 0.3 is 26.2 Å². The maximum absolute atomic E-state index is 3.30. The summed E-state index contributed by atoms with van der Waals surface area (Å²) < 4.78 is 0. The molecule has 2 aliphatic carbocycles. The van der Waals surface area contributed by atoms with Gasteiger partial charge in [0, 0.05) is 0 Å². The molecule has 0 fully saturated rings. The first-order valence-corrected chi connectivity index (χ1v) is 9.02. The van der Waals surface area contributed by atoms with Gasteiger partial charge in [-0.25, -0.2) is 62.5 Å². The van der Waals surface area contributed by atoms with Gasteiger partial charge in [0.05, 0.1) is 0 Å². The number of allylic oxidation sites excluding steroid dienone is 10.